The Morgan fingerprint density at radius 3 is 2.33 bits per heavy atom. The zero-order chi connectivity index (χ0) is 15.2. The molecule has 2 N–H and O–H groups in total. The maximum absolute atomic E-state index is 12.0. The number of nitrogens with two attached hydrogens (primary N) is 1. The van der Waals surface area contributed by atoms with Crippen LogP contribution in [0.15, 0.2) is 29.2 Å². The van der Waals surface area contributed by atoms with E-state index in [2.05, 4.69) is 30.5 Å². The molecule has 0 atom stereocenters. The summed E-state index contributed by atoms with van der Waals surface area (Å²) in [5.74, 6) is 0.830. The van der Waals surface area contributed by atoms with Crippen LogP contribution >= 0.6 is 11.8 Å². The van der Waals surface area contributed by atoms with Crippen molar-refractivity contribution >= 4 is 17.7 Å². The number of amides is 1. The third kappa shape index (κ3) is 4.48. The summed E-state index contributed by atoms with van der Waals surface area (Å²) in [4.78, 5) is 15.3. The fraction of sp³-hybridized carbons (Fsp3) is 0.588. The third-order valence-corrected chi connectivity index (χ3v) is 5.25. The summed E-state index contributed by atoms with van der Waals surface area (Å²) >= 11 is 1.74. The first-order chi connectivity index (χ1) is 10.1. The summed E-state index contributed by atoms with van der Waals surface area (Å²) in [5, 5.41) is 0. The lowest BCUT2D eigenvalue weighted by Crippen LogP contribution is -2.41. The summed E-state index contributed by atoms with van der Waals surface area (Å²) in [6.45, 7) is 3.19. The predicted molar refractivity (Wildman–Crippen MR) is 89.2 cm³/mol. The fourth-order valence-electron chi connectivity index (χ4n) is 3.12. The van der Waals surface area contributed by atoms with E-state index in [1.807, 2.05) is 4.90 Å². The second-order valence-electron chi connectivity index (χ2n) is 5.91. The molecule has 0 saturated heterocycles. The number of hydrogen-bond acceptors (Lipinski definition) is 3. The molecule has 0 spiro atoms. The number of carbonyl (C=O) groups excluding carboxylic acids is 1. The molecule has 0 aliphatic heterocycles. The largest absolute Gasteiger partial charge is 0.336 e. The summed E-state index contributed by atoms with van der Waals surface area (Å²) in [6, 6.07) is 8.90. The summed E-state index contributed by atoms with van der Waals surface area (Å²) in [5.41, 5.74) is 6.96. The van der Waals surface area contributed by atoms with E-state index in [1.54, 1.807) is 18.7 Å². The average Bonchev–Trinajstić information content (AvgIpc) is 2.53. The van der Waals surface area contributed by atoms with Crippen LogP contribution in [0.4, 0.5) is 0 Å². The minimum atomic E-state index is 0.181. The lowest BCUT2D eigenvalue weighted by molar-refractivity contribution is -0.132. The van der Waals surface area contributed by atoms with Gasteiger partial charge in [-0.05, 0) is 62.1 Å². The molecule has 2 rings (SSSR count). The zero-order valence-corrected chi connectivity index (χ0v) is 13.9. The Morgan fingerprint density at radius 2 is 1.86 bits per heavy atom. The maximum Gasteiger partial charge on any atom is 0.219 e. The van der Waals surface area contributed by atoms with E-state index in [0.29, 0.717) is 12.0 Å². The van der Waals surface area contributed by atoms with E-state index in [4.69, 9.17) is 5.73 Å². The Balaban J connectivity index is 2.00. The minimum absolute atomic E-state index is 0.181. The van der Waals surface area contributed by atoms with Crippen molar-refractivity contribution in [2.75, 3.05) is 12.8 Å². The third-order valence-electron chi connectivity index (χ3n) is 4.51. The van der Waals surface area contributed by atoms with Crippen molar-refractivity contribution in [1.29, 1.82) is 0 Å². The highest BCUT2D eigenvalue weighted by Gasteiger charge is 2.26. The Kier molecular flexibility index (Phi) is 6.12. The molecule has 0 bridgehead atoms. The zero-order valence-electron chi connectivity index (χ0n) is 13.0. The van der Waals surface area contributed by atoms with E-state index in [9.17, 15) is 4.79 Å². The molecule has 4 heteroatoms. The number of rotatable bonds is 5. The first-order valence-electron chi connectivity index (χ1n) is 7.74. The summed E-state index contributed by atoms with van der Waals surface area (Å²) in [6.07, 6.45) is 6.55. The Bertz CT molecular complexity index is 452. The fourth-order valence-corrected chi connectivity index (χ4v) is 3.53. The lowest BCUT2D eigenvalue weighted by atomic mass is 9.85. The quantitative estimate of drug-likeness (QED) is 0.849. The second kappa shape index (κ2) is 7.85. The van der Waals surface area contributed by atoms with Gasteiger partial charge in [0.25, 0.3) is 0 Å². The van der Waals surface area contributed by atoms with Crippen LogP contribution in [-0.4, -0.2) is 29.6 Å². The Morgan fingerprint density at radius 1 is 1.24 bits per heavy atom. The van der Waals surface area contributed by atoms with Gasteiger partial charge in [-0.1, -0.05) is 12.1 Å². The molecule has 21 heavy (non-hydrogen) atoms. The number of carbonyl (C=O) groups is 1. The molecule has 1 aliphatic carbocycles. The van der Waals surface area contributed by atoms with Gasteiger partial charge in [-0.25, -0.2) is 0 Å². The van der Waals surface area contributed by atoms with Crippen molar-refractivity contribution in [1.82, 2.24) is 4.90 Å². The smallest absolute Gasteiger partial charge is 0.219 e. The van der Waals surface area contributed by atoms with Gasteiger partial charge in [-0.2, -0.15) is 0 Å². The van der Waals surface area contributed by atoms with Crippen molar-refractivity contribution in [2.45, 2.75) is 50.1 Å². The minimum Gasteiger partial charge on any atom is -0.336 e. The monoisotopic (exact) mass is 306 g/mol. The first-order valence-corrected chi connectivity index (χ1v) is 8.96. The van der Waals surface area contributed by atoms with Crippen molar-refractivity contribution in [3.63, 3.8) is 0 Å². The van der Waals surface area contributed by atoms with Gasteiger partial charge >= 0.3 is 0 Å². The van der Waals surface area contributed by atoms with Crippen LogP contribution in [0.1, 0.15) is 38.2 Å². The van der Waals surface area contributed by atoms with Gasteiger partial charge in [0.2, 0.25) is 5.91 Å². The SMILES string of the molecule is CSc1ccc(CN(C(C)=O)C2CCC(CN)CC2)cc1. The van der Waals surface area contributed by atoms with Gasteiger partial charge in [0, 0.05) is 24.4 Å². The summed E-state index contributed by atoms with van der Waals surface area (Å²) in [7, 11) is 0. The molecule has 0 heterocycles. The molecule has 0 aromatic heterocycles. The molecule has 116 valence electrons. The Hall–Kier alpha value is -1.00. The van der Waals surface area contributed by atoms with Crippen LogP contribution in [0.3, 0.4) is 0 Å². The van der Waals surface area contributed by atoms with E-state index >= 15 is 0 Å². The first kappa shape index (κ1) is 16.4. The topological polar surface area (TPSA) is 46.3 Å². The standard InChI is InChI=1S/C17H26N2OS/c1-13(20)19(16-7-3-14(11-18)4-8-16)12-15-5-9-17(21-2)10-6-15/h5-6,9-10,14,16H,3-4,7-8,11-12,18H2,1-2H3. The van der Waals surface area contributed by atoms with Crippen molar-refractivity contribution in [3.8, 4) is 0 Å². The summed E-state index contributed by atoms with van der Waals surface area (Å²) < 4.78 is 0. The predicted octanol–water partition coefficient (Wildman–Crippen LogP) is 3.27. The van der Waals surface area contributed by atoms with Crippen molar-refractivity contribution < 1.29 is 4.79 Å². The number of thioether (sulfide) groups is 1. The lowest BCUT2D eigenvalue weighted by Gasteiger charge is -2.36. The molecule has 1 amide bonds. The van der Waals surface area contributed by atoms with Crippen LogP contribution in [0.25, 0.3) is 0 Å². The molecule has 1 aliphatic rings. The normalized spacial score (nSPS) is 22.0. The van der Waals surface area contributed by atoms with Crippen LogP contribution in [0.2, 0.25) is 0 Å². The molecule has 3 nitrogen and oxygen atoms in total. The van der Waals surface area contributed by atoms with Gasteiger partial charge in [-0.3, -0.25) is 4.79 Å². The molecule has 1 aromatic rings. The van der Waals surface area contributed by atoms with Gasteiger partial charge in [0.05, 0.1) is 0 Å². The number of nitrogens with zero attached hydrogens (tertiary/aromatic N) is 1. The molecule has 0 radical (unpaired) electrons. The molecular formula is C17H26N2OS. The van der Waals surface area contributed by atoms with E-state index in [0.717, 1.165) is 38.8 Å². The van der Waals surface area contributed by atoms with Gasteiger partial charge in [0.1, 0.15) is 0 Å². The Labute approximate surface area is 132 Å². The van der Waals surface area contributed by atoms with Gasteiger partial charge in [-0.15, -0.1) is 11.8 Å². The molecule has 1 aromatic carbocycles. The van der Waals surface area contributed by atoms with Crippen LogP contribution in [0, 0.1) is 5.92 Å². The molecule has 0 unspecified atom stereocenters. The van der Waals surface area contributed by atoms with Crippen molar-refractivity contribution in [3.05, 3.63) is 29.8 Å². The highest BCUT2D eigenvalue weighted by atomic mass is 32.2. The van der Waals surface area contributed by atoms with Crippen molar-refractivity contribution in [2.24, 2.45) is 11.7 Å². The van der Waals surface area contributed by atoms with Crippen LogP contribution < -0.4 is 5.73 Å². The van der Waals surface area contributed by atoms with E-state index < -0.39 is 0 Å². The van der Waals surface area contributed by atoms with E-state index in [-0.39, 0.29) is 5.91 Å². The molecule has 1 fully saturated rings. The highest BCUT2D eigenvalue weighted by molar-refractivity contribution is 7.98. The molecular weight excluding hydrogens is 280 g/mol. The maximum atomic E-state index is 12.0. The average molecular weight is 306 g/mol. The highest BCUT2D eigenvalue weighted by Crippen LogP contribution is 2.28. The van der Waals surface area contributed by atoms with Crippen LogP contribution in [-0.2, 0) is 11.3 Å². The number of benzene rings is 1. The van der Waals surface area contributed by atoms with Crippen LogP contribution in [0.5, 0.6) is 0 Å². The van der Waals surface area contributed by atoms with Gasteiger partial charge < -0.3 is 10.6 Å². The van der Waals surface area contributed by atoms with Gasteiger partial charge in [0.15, 0.2) is 0 Å². The molecule has 1 saturated carbocycles. The second-order valence-corrected chi connectivity index (χ2v) is 6.78. The van der Waals surface area contributed by atoms with E-state index in [1.165, 1.54) is 10.5 Å². The number of hydrogen-bond donors (Lipinski definition) is 1.